The predicted molar refractivity (Wildman–Crippen MR) is 60.2 cm³/mol. The number of carbonyl (C=O) groups is 1. The van der Waals surface area contributed by atoms with Crippen LogP contribution in [0.15, 0.2) is 36.7 Å². The van der Waals surface area contributed by atoms with Crippen LogP contribution in [0.4, 0.5) is 0 Å². The number of nitrogens with zero attached hydrogens (tertiary/aromatic N) is 2. The van der Waals surface area contributed by atoms with E-state index in [0.29, 0.717) is 11.6 Å². The highest BCUT2D eigenvalue weighted by Gasteiger charge is 2.03. The number of benzene rings is 1. The number of aromatic nitrogens is 2. The van der Waals surface area contributed by atoms with E-state index in [0.717, 1.165) is 5.69 Å². The van der Waals surface area contributed by atoms with E-state index in [1.165, 1.54) is 18.5 Å². The molecule has 0 spiro atoms. The number of hydrogen-bond acceptors (Lipinski definition) is 4. The topological polar surface area (TPSA) is 72.3 Å². The molecule has 2 aromatic rings. The van der Waals surface area contributed by atoms with Crippen LogP contribution in [-0.4, -0.2) is 21.0 Å². The molecule has 5 nitrogen and oxygen atoms in total. The lowest BCUT2D eigenvalue weighted by molar-refractivity contribution is 0.0697. The van der Waals surface area contributed by atoms with Crippen LogP contribution in [0.5, 0.6) is 11.6 Å². The van der Waals surface area contributed by atoms with Gasteiger partial charge in [0.25, 0.3) is 0 Å². The lowest BCUT2D eigenvalue weighted by Crippen LogP contribution is -1.95. The average Bonchev–Trinajstić information content (AvgIpc) is 2.29. The first kappa shape index (κ1) is 11.1. The second-order valence-electron chi connectivity index (χ2n) is 3.43. The number of aryl methyl sites for hydroxylation is 1. The zero-order valence-electron chi connectivity index (χ0n) is 9.12. The van der Waals surface area contributed by atoms with Gasteiger partial charge in [0.15, 0.2) is 0 Å². The molecule has 0 aliphatic carbocycles. The molecule has 0 saturated heterocycles. The van der Waals surface area contributed by atoms with E-state index in [1.54, 1.807) is 18.2 Å². The lowest BCUT2D eigenvalue weighted by Gasteiger charge is -2.04. The Balaban J connectivity index is 2.16. The number of rotatable bonds is 3. The minimum atomic E-state index is -0.963. The average molecular weight is 230 g/mol. The molecule has 0 saturated carbocycles. The largest absolute Gasteiger partial charge is 0.478 e. The molecule has 0 bridgehead atoms. The third-order valence-corrected chi connectivity index (χ3v) is 2.10. The first-order valence-corrected chi connectivity index (χ1v) is 4.95. The maximum atomic E-state index is 10.7. The summed E-state index contributed by atoms with van der Waals surface area (Å²) in [6.45, 7) is 1.84. The van der Waals surface area contributed by atoms with Crippen molar-refractivity contribution in [2.75, 3.05) is 0 Å². The third-order valence-electron chi connectivity index (χ3n) is 2.10. The highest BCUT2D eigenvalue weighted by atomic mass is 16.5. The maximum absolute atomic E-state index is 10.7. The van der Waals surface area contributed by atoms with E-state index < -0.39 is 5.97 Å². The number of carboxylic acid groups (broad SMARTS) is 1. The van der Waals surface area contributed by atoms with Crippen LogP contribution in [0.3, 0.4) is 0 Å². The minimum absolute atomic E-state index is 0.219. The molecular formula is C12H10N2O3. The molecule has 1 aromatic heterocycles. The molecule has 0 amide bonds. The van der Waals surface area contributed by atoms with Gasteiger partial charge < -0.3 is 9.84 Å². The summed E-state index contributed by atoms with van der Waals surface area (Å²) in [5.74, 6) is 0.00288. The quantitative estimate of drug-likeness (QED) is 0.875. The molecule has 1 N–H and O–H groups in total. The molecule has 1 aromatic carbocycles. The van der Waals surface area contributed by atoms with Crippen LogP contribution in [-0.2, 0) is 0 Å². The van der Waals surface area contributed by atoms with Gasteiger partial charge in [0.1, 0.15) is 12.1 Å². The summed E-state index contributed by atoms with van der Waals surface area (Å²) < 4.78 is 5.45. The summed E-state index contributed by atoms with van der Waals surface area (Å²) in [6, 6.07) is 7.82. The van der Waals surface area contributed by atoms with Gasteiger partial charge in [0.05, 0.1) is 5.56 Å². The van der Waals surface area contributed by atoms with E-state index >= 15 is 0 Å². The van der Waals surface area contributed by atoms with Crippen molar-refractivity contribution in [3.8, 4) is 11.6 Å². The van der Waals surface area contributed by atoms with Crippen LogP contribution >= 0.6 is 0 Å². The molecule has 86 valence electrons. The number of carboxylic acids is 1. The van der Waals surface area contributed by atoms with Gasteiger partial charge in [-0.1, -0.05) is 0 Å². The molecular weight excluding hydrogens is 220 g/mol. The van der Waals surface area contributed by atoms with Gasteiger partial charge in [-0.3, -0.25) is 0 Å². The first-order valence-electron chi connectivity index (χ1n) is 4.95. The Kier molecular flexibility index (Phi) is 3.00. The van der Waals surface area contributed by atoms with Crippen LogP contribution < -0.4 is 4.74 Å². The maximum Gasteiger partial charge on any atom is 0.335 e. The smallest absolute Gasteiger partial charge is 0.335 e. The van der Waals surface area contributed by atoms with Crippen LogP contribution in [0.2, 0.25) is 0 Å². The molecule has 0 atom stereocenters. The van der Waals surface area contributed by atoms with E-state index in [1.807, 2.05) is 6.92 Å². The summed E-state index contributed by atoms with van der Waals surface area (Å²) in [4.78, 5) is 18.5. The minimum Gasteiger partial charge on any atom is -0.478 e. The predicted octanol–water partition coefficient (Wildman–Crippen LogP) is 2.28. The summed E-state index contributed by atoms with van der Waals surface area (Å²) in [6.07, 6.45) is 1.41. The fourth-order valence-electron chi connectivity index (χ4n) is 1.27. The van der Waals surface area contributed by atoms with Gasteiger partial charge in [0.2, 0.25) is 5.88 Å². The van der Waals surface area contributed by atoms with Crippen molar-refractivity contribution in [2.24, 2.45) is 0 Å². The summed E-state index contributed by atoms with van der Waals surface area (Å²) in [7, 11) is 0. The van der Waals surface area contributed by atoms with Gasteiger partial charge in [0, 0.05) is 11.8 Å². The Labute approximate surface area is 97.7 Å². The van der Waals surface area contributed by atoms with Crippen molar-refractivity contribution in [2.45, 2.75) is 6.92 Å². The van der Waals surface area contributed by atoms with Crippen LogP contribution in [0, 0.1) is 6.92 Å². The third kappa shape index (κ3) is 2.78. The molecule has 0 radical (unpaired) electrons. The second kappa shape index (κ2) is 4.61. The molecule has 5 heteroatoms. The van der Waals surface area contributed by atoms with E-state index in [9.17, 15) is 4.79 Å². The van der Waals surface area contributed by atoms with E-state index in [4.69, 9.17) is 9.84 Å². The molecule has 0 unspecified atom stereocenters. The number of hydrogen-bond donors (Lipinski definition) is 1. The van der Waals surface area contributed by atoms with Crippen LogP contribution in [0.1, 0.15) is 16.1 Å². The van der Waals surface area contributed by atoms with Gasteiger partial charge in [-0.25, -0.2) is 14.8 Å². The normalized spacial score (nSPS) is 9.94. The van der Waals surface area contributed by atoms with Crippen molar-refractivity contribution in [1.82, 2.24) is 9.97 Å². The molecule has 0 fully saturated rings. The molecule has 0 aliphatic heterocycles. The van der Waals surface area contributed by atoms with Crippen molar-refractivity contribution >= 4 is 5.97 Å². The van der Waals surface area contributed by atoms with E-state index in [2.05, 4.69) is 9.97 Å². The van der Waals surface area contributed by atoms with Crippen molar-refractivity contribution in [3.05, 3.63) is 47.9 Å². The monoisotopic (exact) mass is 230 g/mol. The zero-order valence-corrected chi connectivity index (χ0v) is 9.12. The lowest BCUT2D eigenvalue weighted by atomic mass is 10.2. The Morgan fingerprint density at radius 1 is 1.24 bits per heavy atom. The Morgan fingerprint density at radius 3 is 2.53 bits per heavy atom. The summed E-state index contributed by atoms with van der Waals surface area (Å²) in [5, 5.41) is 8.74. The SMILES string of the molecule is Cc1cc(Oc2ccc(C(=O)O)cc2)ncn1. The second-order valence-corrected chi connectivity index (χ2v) is 3.43. The molecule has 17 heavy (non-hydrogen) atoms. The first-order chi connectivity index (χ1) is 8.15. The van der Waals surface area contributed by atoms with Crippen molar-refractivity contribution in [1.29, 1.82) is 0 Å². The molecule has 1 heterocycles. The Bertz CT molecular complexity index is 538. The number of ether oxygens (including phenoxy) is 1. The van der Waals surface area contributed by atoms with Gasteiger partial charge in [-0.15, -0.1) is 0 Å². The Morgan fingerprint density at radius 2 is 1.94 bits per heavy atom. The van der Waals surface area contributed by atoms with Gasteiger partial charge in [-0.05, 0) is 31.2 Å². The fraction of sp³-hybridized carbons (Fsp3) is 0.0833. The Hall–Kier alpha value is -2.43. The molecule has 2 rings (SSSR count). The van der Waals surface area contributed by atoms with Gasteiger partial charge >= 0.3 is 5.97 Å². The summed E-state index contributed by atoms with van der Waals surface area (Å²) in [5.41, 5.74) is 1.02. The van der Waals surface area contributed by atoms with Crippen molar-refractivity contribution in [3.63, 3.8) is 0 Å². The zero-order chi connectivity index (χ0) is 12.3. The number of aromatic carboxylic acids is 1. The van der Waals surface area contributed by atoms with Crippen molar-refractivity contribution < 1.29 is 14.6 Å². The standard InChI is InChI=1S/C12H10N2O3/c1-8-6-11(14-7-13-8)17-10-4-2-9(3-5-10)12(15)16/h2-7H,1H3,(H,15,16). The summed E-state index contributed by atoms with van der Waals surface area (Å²) >= 11 is 0. The highest BCUT2D eigenvalue weighted by Crippen LogP contribution is 2.19. The van der Waals surface area contributed by atoms with Gasteiger partial charge in [-0.2, -0.15) is 0 Å². The van der Waals surface area contributed by atoms with Crippen LogP contribution in [0.25, 0.3) is 0 Å². The van der Waals surface area contributed by atoms with E-state index in [-0.39, 0.29) is 5.56 Å². The molecule has 0 aliphatic rings. The fourth-order valence-corrected chi connectivity index (χ4v) is 1.27. The highest BCUT2D eigenvalue weighted by molar-refractivity contribution is 5.87.